The maximum absolute atomic E-state index is 7.47. The zero-order valence-corrected chi connectivity index (χ0v) is 12.6. The van der Waals surface area contributed by atoms with Gasteiger partial charge in [0.15, 0.2) is 0 Å². The Kier molecular flexibility index (Phi) is 4.68. The van der Waals surface area contributed by atoms with E-state index in [-0.39, 0.29) is 5.84 Å². The quantitative estimate of drug-likeness (QED) is 0.632. The summed E-state index contributed by atoms with van der Waals surface area (Å²) < 4.78 is 4.35. The first-order chi connectivity index (χ1) is 9.60. The van der Waals surface area contributed by atoms with Crippen molar-refractivity contribution in [2.24, 2.45) is 5.73 Å². The van der Waals surface area contributed by atoms with Gasteiger partial charge in [-0.3, -0.25) is 5.41 Å². The van der Waals surface area contributed by atoms with Gasteiger partial charge < -0.3 is 10.6 Å². The number of nitrogens with two attached hydrogens (primary N) is 1. The molecule has 3 N–H and O–H groups in total. The van der Waals surface area contributed by atoms with Crippen LogP contribution < -0.4 is 10.6 Å². The molecule has 1 aromatic heterocycles. The van der Waals surface area contributed by atoms with Crippen molar-refractivity contribution in [3.63, 3.8) is 0 Å². The van der Waals surface area contributed by atoms with Gasteiger partial charge in [0.05, 0.1) is 0 Å². The Labute approximate surface area is 123 Å². The van der Waals surface area contributed by atoms with E-state index in [0.29, 0.717) is 0 Å². The monoisotopic (exact) mass is 289 g/mol. The summed E-state index contributed by atoms with van der Waals surface area (Å²) in [5.74, 6) is 1.01. The Morgan fingerprint density at radius 2 is 2.25 bits per heavy atom. The zero-order chi connectivity index (χ0) is 14.5. The minimum Gasteiger partial charge on any atom is -0.384 e. The molecule has 1 heterocycles. The first-order valence-electron chi connectivity index (χ1n) is 6.57. The third-order valence-corrected chi connectivity index (χ3v) is 3.78. The van der Waals surface area contributed by atoms with E-state index in [2.05, 4.69) is 21.2 Å². The van der Waals surface area contributed by atoms with E-state index in [9.17, 15) is 0 Å². The Balaban J connectivity index is 2.08. The number of benzene rings is 1. The SMILES string of the molecule is CCCc1nsc(N(C)Cc2cccc(C(=N)N)c2)n1. The minimum atomic E-state index is 0.0932. The van der Waals surface area contributed by atoms with Crippen LogP contribution in [0.1, 0.15) is 30.3 Å². The molecule has 2 rings (SSSR count). The summed E-state index contributed by atoms with van der Waals surface area (Å²) in [6, 6.07) is 7.72. The first-order valence-corrected chi connectivity index (χ1v) is 7.34. The molecule has 0 fully saturated rings. The lowest BCUT2D eigenvalue weighted by molar-refractivity contribution is 0.846. The molecular weight excluding hydrogens is 270 g/mol. The summed E-state index contributed by atoms with van der Waals surface area (Å²) in [6.07, 6.45) is 1.98. The van der Waals surface area contributed by atoms with Crippen LogP contribution in [0.4, 0.5) is 5.13 Å². The number of nitrogens with one attached hydrogen (secondary N) is 1. The second kappa shape index (κ2) is 6.47. The molecule has 0 aliphatic heterocycles. The third-order valence-electron chi connectivity index (χ3n) is 2.92. The van der Waals surface area contributed by atoms with Gasteiger partial charge in [-0.25, -0.2) is 4.98 Å². The lowest BCUT2D eigenvalue weighted by Crippen LogP contribution is -2.17. The summed E-state index contributed by atoms with van der Waals surface area (Å²) in [5, 5.41) is 8.39. The molecule has 0 aliphatic carbocycles. The molecule has 0 saturated heterocycles. The van der Waals surface area contributed by atoms with Crippen molar-refractivity contribution in [1.29, 1.82) is 5.41 Å². The molecule has 5 nitrogen and oxygen atoms in total. The Morgan fingerprint density at radius 3 is 2.95 bits per heavy atom. The number of nitrogens with zero attached hydrogens (tertiary/aromatic N) is 3. The molecule has 1 aromatic carbocycles. The van der Waals surface area contributed by atoms with Crippen LogP contribution in [-0.4, -0.2) is 22.2 Å². The van der Waals surface area contributed by atoms with Crippen molar-refractivity contribution >= 4 is 22.5 Å². The summed E-state index contributed by atoms with van der Waals surface area (Å²) in [5.41, 5.74) is 7.36. The van der Waals surface area contributed by atoms with Gasteiger partial charge in [0.2, 0.25) is 5.13 Å². The van der Waals surface area contributed by atoms with Gasteiger partial charge in [-0.15, -0.1) is 0 Å². The number of aromatic nitrogens is 2. The number of amidine groups is 1. The zero-order valence-electron chi connectivity index (χ0n) is 11.8. The Bertz CT molecular complexity index is 593. The van der Waals surface area contributed by atoms with Crippen molar-refractivity contribution in [2.75, 3.05) is 11.9 Å². The van der Waals surface area contributed by atoms with Gasteiger partial charge in [-0.05, 0) is 18.1 Å². The topological polar surface area (TPSA) is 78.9 Å². The highest BCUT2D eigenvalue weighted by Gasteiger charge is 2.09. The smallest absolute Gasteiger partial charge is 0.205 e. The largest absolute Gasteiger partial charge is 0.384 e. The highest BCUT2D eigenvalue weighted by Crippen LogP contribution is 2.19. The molecule has 0 atom stereocenters. The van der Waals surface area contributed by atoms with Crippen LogP contribution in [0.3, 0.4) is 0 Å². The standard InChI is InChI=1S/C14H19N5S/c1-3-5-12-17-14(20-18-12)19(2)9-10-6-4-7-11(8-10)13(15)16/h4,6-8H,3,5,9H2,1-2H3,(H3,15,16). The molecule has 20 heavy (non-hydrogen) atoms. The number of anilines is 1. The van der Waals surface area contributed by atoms with Gasteiger partial charge in [-0.2, -0.15) is 4.37 Å². The maximum Gasteiger partial charge on any atom is 0.205 e. The van der Waals surface area contributed by atoms with Crippen LogP contribution in [0.5, 0.6) is 0 Å². The number of hydrogen-bond donors (Lipinski definition) is 2. The van der Waals surface area contributed by atoms with Crippen molar-refractivity contribution in [3.05, 3.63) is 41.2 Å². The molecule has 0 unspecified atom stereocenters. The average Bonchev–Trinajstić information content (AvgIpc) is 2.88. The lowest BCUT2D eigenvalue weighted by atomic mass is 10.1. The second-order valence-electron chi connectivity index (χ2n) is 4.71. The molecule has 6 heteroatoms. The molecule has 0 aliphatic rings. The van der Waals surface area contributed by atoms with Crippen molar-refractivity contribution in [2.45, 2.75) is 26.3 Å². The van der Waals surface area contributed by atoms with E-state index in [1.54, 1.807) is 0 Å². The van der Waals surface area contributed by atoms with Crippen LogP contribution in [-0.2, 0) is 13.0 Å². The molecule has 0 bridgehead atoms. The van der Waals surface area contributed by atoms with E-state index in [1.165, 1.54) is 11.5 Å². The Morgan fingerprint density at radius 1 is 1.45 bits per heavy atom. The van der Waals surface area contributed by atoms with Crippen molar-refractivity contribution in [1.82, 2.24) is 9.36 Å². The summed E-state index contributed by atoms with van der Waals surface area (Å²) in [6.45, 7) is 2.85. The fourth-order valence-corrected chi connectivity index (χ4v) is 2.57. The highest BCUT2D eigenvalue weighted by molar-refractivity contribution is 7.09. The van der Waals surface area contributed by atoms with Crippen LogP contribution >= 0.6 is 11.5 Å². The highest BCUT2D eigenvalue weighted by atomic mass is 32.1. The van der Waals surface area contributed by atoms with Crippen molar-refractivity contribution in [3.8, 4) is 0 Å². The summed E-state index contributed by atoms with van der Waals surface area (Å²) in [7, 11) is 2.00. The van der Waals surface area contributed by atoms with Gasteiger partial charge >= 0.3 is 0 Å². The third kappa shape index (κ3) is 3.54. The number of rotatable bonds is 6. The number of hydrogen-bond acceptors (Lipinski definition) is 5. The van der Waals surface area contributed by atoms with E-state index >= 15 is 0 Å². The molecule has 0 spiro atoms. The predicted octanol–water partition coefficient (Wildman–Crippen LogP) is 2.41. The first kappa shape index (κ1) is 14.5. The van der Waals surface area contributed by atoms with Gasteiger partial charge in [0.1, 0.15) is 11.7 Å². The minimum absolute atomic E-state index is 0.0932. The molecule has 106 valence electrons. The fourth-order valence-electron chi connectivity index (χ4n) is 1.90. The van der Waals surface area contributed by atoms with Crippen LogP contribution in [0.25, 0.3) is 0 Å². The molecular formula is C14H19N5S. The van der Waals surface area contributed by atoms with Crippen LogP contribution in [0.15, 0.2) is 24.3 Å². The summed E-state index contributed by atoms with van der Waals surface area (Å²) in [4.78, 5) is 6.59. The fraction of sp³-hybridized carbons (Fsp3) is 0.357. The molecule has 0 radical (unpaired) electrons. The van der Waals surface area contributed by atoms with E-state index < -0.39 is 0 Å². The summed E-state index contributed by atoms with van der Waals surface area (Å²) >= 11 is 1.43. The second-order valence-corrected chi connectivity index (χ2v) is 5.44. The lowest BCUT2D eigenvalue weighted by Gasteiger charge is -2.15. The maximum atomic E-state index is 7.47. The van der Waals surface area contributed by atoms with Crippen LogP contribution in [0, 0.1) is 5.41 Å². The van der Waals surface area contributed by atoms with Crippen LogP contribution in [0.2, 0.25) is 0 Å². The van der Waals surface area contributed by atoms with E-state index in [4.69, 9.17) is 11.1 Å². The molecule has 0 saturated carbocycles. The average molecular weight is 289 g/mol. The van der Waals surface area contributed by atoms with Crippen molar-refractivity contribution < 1.29 is 0 Å². The normalized spacial score (nSPS) is 10.5. The molecule has 2 aromatic rings. The predicted molar refractivity (Wildman–Crippen MR) is 83.5 cm³/mol. The van der Waals surface area contributed by atoms with Gasteiger partial charge in [0.25, 0.3) is 0 Å². The molecule has 0 amide bonds. The van der Waals surface area contributed by atoms with Gasteiger partial charge in [0, 0.05) is 37.1 Å². The number of aryl methyl sites for hydroxylation is 1. The van der Waals surface area contributed by atoms with E-state index in [1.807, 2.05) is 31.3 Å². The van der Waals surface area contributed by atoms with E-state index in [0.717, 1.165) is 41.5 Å². The van der Waals surface area contributed by atoms with Gasteiger partial charge in [-0.1, -0.05) is 25.1 Å². The number of nitrogen functional groups attached to an aromatic ring is 1. The Hall–Kier alpha value is -1.95.